The zero-order valence-electron chi connectivity index (χ0n) is 11.6. The summed E-state index contributed by atoms with van der Waals surface area (Å²) in [6, 6.07) is 13.3. The molecule has 2 aromatic carbocycles. The molecular weight excluding hydrogens is 286 g/mol. The second-order valence-corrected chi connectivity index (χ2v) is 5.55. The Morgan fingerprint density at radius 3 is 2.52 bits per heavy atom. The summed E-state index contributed by atoms with van der Waals surface area (Å²) in [6.45, 7) is 0.619. The molecule has 0 bridgehead atoms. The molecule has 21 heavy (non-hydrogen) atoms. The number of benzene rings is 2. The van der Waals surface area contributed by atoms with Gasteiger partial charge in [-0.15, -0.1) is 0 Å². The lowest BCUT2D eigenvalue weighted by atomic mass is 9.98. The van der Waals surface area contributed by atoms with Crippen LogP contribution in [0.15, 0.2) is 42.5 Å². The maximum absolute atomic E-state index is 12.0. The first-order valence-corrected chi connectivity index (χ1v) is 7.37. The van der Waals surface area contributed by atoms with E-state index in [4.69, 9.17) is 11.6 Å². The average molecular weight is 302 g/mol. The van der Waals surface area contributed by atoms with Gasteiger partial charge in [0.15, 0.2) is 0 Å². The van der Waals surface area contributed by atoms with Crippen molar-refractivity contribution in [3.63, 3.8) is 0 Å². The van der Waals surface area contributed by atoms with Crippen LogP contribution in [0.25, 0.3) is 11.1 Å². The van der Waals surface area contributed by atoms with Gasteiger partial charge in [0.2, 0.25) is 5.91 Å². The molecule has 1 heterocycles. The number of rotatable bonds is 3. The fourth-order valence-corrected chi connectivity index (χ4v) is 2.92. The van der Waals surface area contributed by atoms with Gasteiger partial charge in [-0.2, -0.15) is 0 Å². The summed E-state index contributed by atoms with van der Waals surface area (Å²) in [6.07, 6.45) is 1.45. The number of nitrogens with zero attached hydrogens (tertiary/aromatic N) is 1. The van der Waals surface area contributed by atoms with Crippen molar-refractivity contribution in [2.24, 2.45) is 0 Å². The SMILES string of the molecule is O=C1CCCN1c1cccc(-c2ccc(Cl)cc2)c1CO. The number of hydrogen-bond donors (Lipinski definition) is 1. The van der Waals surface area contributed by atoms with Crippen LogP contribution in [0, 0.1) is 0 Å². The number of halogens is 1. The molecule has 0 atom stereocenters. The highest BCUT2D eigenvalue weighted by Gasteiger charge is 2.24. The fraction of sp³-hybridized carbons (Fsp3) is 0.235. The van der Waals surface area contributed by atoms with Gasteiger partial charge < -0.3 is 10.0 Å². The number of hydrogen-bond acceptors (Lipinski definition) is 2. The van der Waals surface area contributed by atoms with Gasteiger partial charge in [-0.25, -0.2) is 0 Å². The van der Waals surface area contributed by atoms with Gasteiger partial charge >= 0.3 is 0 Å². The Morgan fingerprint density at radius 2 is 1.90 bits per heavy atom. The third kappa shape index (κ3) is 2.67. The van der Waals surface area contributed by atoms with E-state index in [1.807, 2.05) is 42.5 Å². The van der Waals surface area contributed by atoms with E-state index in [0.717, 1.165) is 35.3 Å². The van der Waals surface area contributed by atoms with Crippen molar-refractivity contribution in [2.45, 2.75) is 19.4 Å². The lowest BCUT2D eigenvalue weighted by Gasteiger charge is -2.21. The topological polar surface area (TPSA) is 40.5 Å². The zero-order chi connectivity index (χ0) is 14.8. The van der Waals surface area contributed by atoms with Crippen molar-refractivity contribution >= 4 is 23.2 Å². The van der Waals surface area contributed by atoms with Gasteiger partial charge in [-0.3, -0.25) is 4.79 Å². The average Bonchev–Trinajstić information content (AvgIpc) is 2.93. The second kappa shape index (κ2) is 5.88. The Labute approximate surface area is 128 Å². The first-order chi connectivity index (χ1) is 10.2. The molecular formula is C17H16ClNO2. The van der Waals surface area contributed by atoms with Crippen molar-refractivity contribution in [3.05, 3.63) is 53.1 Å². The van der Waals surface area contributed by atoms with Crippen LogP contribution in [0.3, 0.4) is 0 Å². The summed E-state index contributed by atoms with van der Waals surface area (Å²) in [5.74, 6) is 0.123. The van der Waals surface area contributed by atoms with Crippen molar-refractivity contribution in [3.8, 4) is 11.1 Å². The van der Waals surface area contributed by atoms with Gasteiger partial charge in [0.25, 0.3) is 0 Å². The van der Waals surface area contributed by atoms with Crippen LogP contribution in [0.2, 0.25) is 5.02 Å². The molecule has 0 saturated carbocycles. The summed E-state index contributed by atoms with van der Waals surface area (Å²) < 4.78 is 0. The quantitative estimate of drug-likeness (QED) is 0.940. The number of anilines is 1. The van der Waals surface area contributed by atoms with Crippen LogP contribution in [0.5, 0.6) is 0 Å². The molecule has 1 amide bonds. The molecule has 0 aliphatic carbocycles. The number of carbonyl (C=O) groups excluding carboxylic acids is 1. The molecule has 1 aliphatic rings. The fourth-order valence-electron chi connectivity index (χ4n) is 2.80. The van der Waals surface area contributed by atoms with Gasteiger partial charge in [0.05, 0.1) is 6.61 Å². The van der Waals surface area contributed by atoms with E-state index in [-0.39, 0.29) is 12.5 Å². The van der Waals surface area contributed by atoms with Crippen LogP contribution >= 0.6 is 11.6 Å². The van der Waals surface area contributed by atoms with Crippen LogP contribution < -0.4 is 4.90 Å². The third-order valence-electron chi connectivity index (χ3n) is 3.83. The summed E-state index contributed by atoms with van der Waals surface area (Å²) >= 11 is 5.92. The van der Waals surface area contributed by atoms with E-state index >= 15 is 0 Å². The van der Waals surface area contributed by atoms with E-state index in [0.29, 0.717) is 11.4 Å². The maximum Gasteiger partial charge on any atom is 0.227 e. The highest BCUT2D eigenvalue weighted by Crippen LogP contribution is 2.34. The van der Waals surface area contributed by atoms with Gasteiger partial charge in [0.1, 0.15) is 0 Å². The molecule has 2 aromatic rings. The third-order valence-corrected chi connectivity index (χ3v) is 4.08. The first-order valence-electron chi connectivity index (χ1n) is 7.00. The Hall–Kier alpha value is -1.84. The number of amides is 1. The van der Waals surface area contributed by atoms with E-state index in [1.165, 1.54) is 0 Å². The van der Waals surface area contributed by atoms with Crippen LogP contribution in [0.1, 0.15) is 18.4 Å². The molecule has 1 saturated heterocycles. The molecule has 1 fully saturated rings. The van der Waals surface area contributed by atoms with E-state index in [9.17, 15) is 9.90 Å². The van der Waals surface area contributed by atoms with Crippen molar-refractivity contribution in [2.75, 3.05) is 11.4 Å². The zero-order valence-corrected chi connectivity index (χ0v) is 12.3. The van der Waals surface area contributed by atoms with Crippen molar-refractivity contribution < 1.29 is 9.90 Å². The van der Waals surface area contributed by atoms with Gasteiger partial charge in [-0.05, 0) is 35.7 Å². The summed E-state index contributed by atoms with van der Waals surface area (Å²) in [5.41, 5.74) is 3.52. The summed E-state index contributed by atoms with van der Waals surface area (Å²) in [7, 11) is 0. The predicted octanol–water partition coefficient (Wildman–Crippen LogP) is 3.63. The molecule has 4 heteroatoms. The number of aliphatic hydroxyl groups excluding tert-OH is 1. The minimum absolute atomic E-state index is 0.0993. The minimum Gasteiger partial charge on any atom is -0.392 e. The monoisotopic (exact) mass is 301 g/mol. The van der Waals surface area contributed by atoms with Crippen molar-refractivity contribution in [1.82, 2.24) is 0 Å². The Kier molecular flexibility index (Phi) is 3.95. The maximum atomic E-state index is 12.0. The van der Waals surface area contributed by atoms with Gasteiger partial charge in [0, 0.05) is 29.2 Å². The molecule has 3 rings (SSSR count). The smallest absolute Gasteiger partial charge is 0.227 e. The van der Waals surface area contributed by atoms with E-state index in [1.54, 1.807) is 4.90 Å². The lowest BCUT2D eigenvalue weighted by Crippen LogP contribution is -2.25. The molecule has 1 N–H and O–H groups in total. The van der Waals surface area contributed by atoms with E-state index < -0.39 is 0 Å². The number of aliphatic hydroxyl groups is 1. The Balaban J connectivity index is 2.09. The van der Waals surface area contributed by atoms with Crippen molar-refractivity contribution in [1.29, 1.82) is 0 Å². The normalized spacial score (nSPS) is 14.8. The predicted molar refractivity (Wildman–Crippen MR) is 84.4 cm³/mol. The molecule has 0 unspecified atom stereocenters. The second-order valence-electron chi connectivity index (χ2n) is 5.12. The van der Waals surface area contributed by atoms with Crippen LogP contribution in [0.4, 0.5) is 5.69 Å². The molecule has 0 radical (unpaired) electrons. The largest absolute Gasteiger partial charge is 0.392 e. The Bertz CT molecular complexity index is 667. The Morgan fingerprint density at radius 1 is 1.14 bits per heavy atom. The van der Waals surface area contributed by atoms with Crippen LogP contribution in [-0.2, 0) is 11.4 Å². The standard InChI is InChI=1S/C17H16ClNO2/c18-13-8-6-12(7-9-13)14-3-1-4-16(15(14)11-20)19-10-2-5-17(19)21/h1,3-4,6-9,20H,2,5,10-11H2. The first kappa shape index (κ1) is 14.1. The summed E-state index contributed by atoms with van der Waals surface area (Å²) in [5, 5.41) is 10.5. The van der Waals surface area contributed by atoms with Crippen LogP contribution in [-0.4, -0.2) is 17.6 Å². The molecule has 0 aromatic heterocycles. The number of carbonyl (C=O) groups is 1. The van der Waals surface area contributed by atoms with E-state index in [2.05, 4.69) is 0 Å². The molecule has 0 spiro atoms. The minimum atomic E-state index is -0.0993. The molecule has 1 aliphatic heterocycles. The van der Waals surface area contributed by atoms with Gasteiger partial charge in [-0.1, -0.05) is 35.9 Å². The lowest BCUT2D eigenvalue weighted by molar-refractivity contribution is -0.117. The molecule has 3 nitrogen and oxygen atoms in total. The highest BCUT2D eigenvalue weighted by molar-refractivity contribution is 6.30. The summed E-state index contributed by atoms with van der Waals surface area (Å²) in [4.78, 5) is 13.7. The highest BCUT2D eigenvalue weighted by atomic mass is 35.5. The molecule has 108 valence electrons.